The molecule has 3 nitrogen and oxygen atoms in total. The molecule has 0 fully saturated rings. The lowest BCUT2D eigenvalue weighted by molar-refractivity contribution is 0.318. The molecule has 3 N–H and O–H groups in total. The van der Waals surface area contributed by atoms with Crippen LogP contribution in [0.4, 0.5) is 11.4 Å². The molecule has 0 atom stereocenters. The molecule has 0 aliphatic heterocycles. The summed E-state index contributed by atoms with van der Waals surface area (Å²) in [7, 11) is 0. The van der Waals surface area contributed by atoms with Crippen molar-refractivity contribution in [2.75, 3.05) is 24.2 Å². The van der Waals surface area contributed by atoms with E-state index >= 15 is 0 Å². The molecule has 1 aromatic heterocycles. The molecule has 0 radical (unpaired) electrons. The van der Waals surface area contributed by atoms with Gasteiger partial charge in [0.2, 0.25) is 0 Å². The third-order valence-corrected chi connectivity index (χ3v) is 3.62. The highest BCUT2D eigenvalue weighted by atomic mass is 32.1. The van der Waals surface area contributed by atoms with Gasteiger partial charge >= 0.3 is 0 Å². The van der Waals surface area contributed by atoms with Crippen molar-refractivity contribution in [2.24, 2.45) is 0 Å². The fourth-order valence-corrected chi connectivity index (χ4v) is 2.52. The normalized spacial score (nSPS) is 10.4. The van der Waals surface area contributed by atoms with E-state index in [4.69, 9.17) is 10.5 Å². The van der Waals surface area contributed by atoms with E-state index in [1.54, 1.807) is 11.3 Å². The zero-order chi connectivity index (χ0) is 13.5. The average molecular weight is 276 g/mol. The molecule has 0 aliphatic rings. The van der Waals surface area contributed by atoms with Crippen molar-refractivity contribution in [3.05, 3.63) is 40.6 Å². The van der Waals surface area contributed by atoms with Crippen molar-refractivity contribution < 1.29 is 4.74 Å². The van der Waals surface area contributed by atoms with Crippen LogP contribution in [0, 0.1) is 0 Å². The zero-order valence-corrected chi connectivity index (χ0v) is 12.0. The van der Waals surface area contributed by atoms with Gasteiger partial charge in [0.25, 0.3) is 0 Å². The van der Waals surface area contributed by atoms with Gasteiger partial charge in [0.15, 0.2) is 0 Å². The molecule has 0 unspecified atom stereocenters. The van der Waals surface area contributed by atoms with Gasteiger partial charge in [-0.3, -0.25) is 0 Å². The number of benzene rings is 1. The first-order valence-corrected chi connectivity index (χ1v) is 7.45. The Balaban J connectivity index is 1.90. The monoisotopic (exact) mass is 276 g/mol. The Morgan fingerprint density at radius 1 is 1.32 bits per heavy atom. The summed E-state index contributed by atoms with van der Waals surface area (Å²) in [6, 6.07) is 10.0. The second kappa shape index (κ2) is 7.04. The number of rotatable bonds is 7. The third kappa shape index (κ3) is 4.48. The second-order valence-corrected chi connectivity index (χ2v) is 5.43. The molecule has 2 aromatic rings. The summed E-state index contributed by atoms with van der Waals surface area (Å²) in [5.41, 5.74) is 7.62. The molecule has 19 heavy (non-hydrogen) atoms. The number of ether oxygens (including phenoxy) is 1. The van der Waals surface area contributed by atoms with Crippen LogP contribution in [0.1, 0.15) is 18.2 Å². The van der Waals surface area contributed by atoms with Crippen LogP contribution in [0.2, 0.25) is 0 Å². The highest BCUT2D eigenvalue weighted by Gasteiger charge is 2.00. The lowest BCUT2D eigenvalue weighted by Gasteiger charge is -2.10. The average Bonchev–Trinajstić information content (AvgIpc) is 2.89. The molecule has 1 aromatic carbocycles. The predicted molar refractivity (Wildman–Crippen MR) is 83.2 cm³/mol. The summed E-state index contributed by atoms with van der Waals surface area (Å²) >= 11 is 1.79. The van der Waals surface area contributed by atoms with E-state index in [9.17, 15) is 0 Å². The maximum Gasteiger partial charge on any atom is 0.123 e. The van der Waals surface area contributed by atoms with Crippen LogP contribution in [-0.2, 0) is 6.42 Å². The molecule has 4 heteroatoms. The summed E-state index contributed by atoms with van der Waals surface area (Å²) in [6.07, 6.45) is 2.02. The van der Waals surface area contributed by atoms with E-state index in [1.165, 1.54) is 4.88 Å². The molecule has 0 aliphatic carbocycles. The fourth-order valence-electron chi connectivity index (χ4n) is 1.81. The zero-order valence-electron chi connectivity index (χ0n) is 11.2. The van der Waals surface area contributed by atoms with Gasteiger partial charge in [-0.05, 0) is 30.4 Å². The van der Waals surface area contributed by atoms with E-state index in [0.717, 1.165) is 43.1 Å². The SMILES string of the molecule is CCCOc1cc(N)cc(NCCc2cccs2)c1. The first-order valence-electron chi connectivity index (χ1n) is 6.57. The molecule has 0 amide bonds. The number of nitrogens with two attached hydrogens (primary N) is 1. The molecule has 0 saturated heterocycles. The van der Waals surface area contributed by atoms with Crippen molar-refractivity contribution in [1.82, 2.24) is 0 Å². The topological polar surface area (TPSA) is 47.3 Å². The third-order valence-electron chi connectivity index (χ3n) is 2.68. The standard InChI is InChI=1S/C15H20N2OS/c1-2-7-18-14-10-12(16)9-13(11-14)17-6-5-15-4-3-8-19-15/h3-4,8-11,17H,2,5-7,16H2,1H3. The van der Waals surface area contributed by atoms with Gasteiger partial charge in [0.05, 0.1) is 6.61 Å². The van der Waals surface area contributed by atoms with E-state index in [-0.39, 0.29) is 0 Å². The van der Waals surface area contributed by atoms with Crippen LogP contribution in [0.15, 0.2) is 35.7 Å². The Kier molecular flexibility index (Phi) is 5.10. The van der Waals surface area contributed by atoms with Crippen molar-refractivity contribution >= 4 is 22.7 Å². The largest absolute Gasteiger partial charge is 0.493 e. The number of hydrogen-bond acceptors (Lipinski definition) is 4. The Hall–Kier alpha value is -1.68. The maximum absolute atomic E-state index is 5.88. The Bertz CT molecular complexity index is 497. The van der Waals surface area contributed by atoms with Crippen LogP contribution in [0.3, 0.4) is 0 Å². The van der Waals surface area contributed by atoms with Gasteiger partial charge < -0.3 is 15.8 Å². The smallest absolute Gasteiger partial charge is 0.123 e. The first kappa shape index (κ1) is 13.7. The van der Waals surface area contributed by atoms with Gasteiger partial charge in [0.1, 0.15) is 5.75 Å². The minimum absolute atomic E-state index is 0.720. The van der Waals surface area contributed by atoms with Gasteiger partial charge in [-0.2, -0.15) is 0 Å². The van der Waals surface area contributed by atoms with Gasteiger partial charge in [-0.15, -0.1) is 11.3 Å². The van der Waals surface area contributed by atoms with Crippen LogP contribution >= 0.6 is 11.3 Å². The minimum atomic E-state index is 0.720. The van der Waals surface area contributed by atoms with E-state index in [0.29, 0.717) is 0 Å². The van der Waals surface area contributed by atoms with Gasteiger partial charge in [-0.25, -0.2) is 0 Å². The number of hydrogen-bond donors (Lipinski definition) is 2. The Morgan fingerprint density at radius 3 is 2.95 bits per heavy atom. The van der Waals surface area contributed by atoms with E-state index in [2.05, 4.69) is 29.8 Å². The number of anilines is 2. The highest BCUT2D eigenvalue weighted by Crippen LogP contribution is 2.23. The lowest BCUT2D eigenvalue weighted by atomic mass is 10.2. The summed E-state index contributed by atoms with van der Waals surface area (Å²) in [4.78, 5) is 1.39. The lowest BCUT2D eigenvalue weighted by Crippen LogP contribution is -2.05. The van der Waals surface area contributed by atoms with Crippen molar-refractivity contribution in [3.63, 3.8) is 0 Å². The summed E-state index contributed by atoms with van der Waals surface area (Å²) in [5.74, 6) is 0.834. The molecule has 102 valence electrons. The molecule has 0 saturated carbocycles. The maximum atomic E-state index is 5.88. The Labute approximate surface area is 118 Å². The number of thiophene rings is 1. The first-order chi connectivity index (χ1) is 9.28. The van der Waals surface area contributed by atoms with Crippen LogP contribution in [-0.4, -0.2) is 13.2 Å². The van der Waals surface area contributed by atoms with Gasteiger partial charge in [0, 0.05) is 34.9 Å². The number of nitrogen functional groups attached to an aromatic ring is 1. The summed E-state index contributed by atoms with van der Waals surface area (Å²) in [6.45, 7) is 3.71. The molecule has 0 bridgehead atoms. The quantitative estimate of drug-likeness (QED) is 0.757. The highest BCUT2D eigenvalue weighted by molar-refractivity contribution is 7.09. The number of nitrogens with one attached hydrogen (secondary N) is 1. The molecule has 2 rings (SSSR count). The van der Waals surface area contributed by atoms with Crippen LogP contribution < -0.4 is 15.8 Å². The van der Waals surface area contributed by atoms with Crippen molar-refractivity contribution in [1.29, 1.82) is 0 Å². The summed E-state index contributed by atoms with van der Waals surface area (Å²) < 4.78 is 5.61. The molecule has 1 heterocycles. The summed E-state index contributed by atoms with van der Waals surface area (Å²) in [5, 5.41) is 5.49. The minimum Gasteiger partial charge on any atom is -0.493 e. The predicted octanol–water partition coefficient (Wildman–Crippen LogP) is 3.77. The fraction of sp³-hybridized carbons (Fsp3) is 0.333. The van der Waals surface area contributed by atoms with Crippen LogP contribution in [0.5, 0.6) is 5.75 Å². The second-order valence-electron chi connectivity index (χ2n) is 4.40. The van der Waals surface area contributed by atoms with Crippen LogP contribution in [0.25, 0.3) is 0 Å². The molecular formula is C15H20N2OS. The van der Waals surface area contributed by atoms with Crippen molar-refractivity contribution in [2.45, 2.75) is 19.8 Å². The Morgan fingerprint density at radius 2 is 2.21 bits per heavy atom. The van der Waals surface area contributed by atoms with Crippen molar-refractivity contribution in [3.8, 4) is 5.75 Å². The van der Waals surface area contributed by atoms with E-state index in [1.807, 2.05) is 18.2 Å². The molecule has 0 spiro atoms. The molecular weight excluding hydrogens is 256 g/mol. The van der Waals surface area contributed by atoms with Gasteiger partial charge in [-0.1, -0.05) is 13.0 Å². The van der Waals surface area contributed by atoms with E-state index < -0.39 is 0 Å².